The van der Waals surface area contributed by atoms with E-state index in [-0.39, 0.29) is 22.6 Å². The van der Waals surface area contributed by atoms with Crippen molar-refractivity contribution < 1.29 is 13.6 Å². The molecular formula is C22H20F2N2O. The second kappa shape index (κ2) is 7.06. The number of nitrogens with zero attached hydrogens (tertiary/aromatic N) is 2. The van der Waals surface area contributed by atoms with Crippen molar-refractivity contribution in [1.82, 2.24) is 4.98 Å². The molecule has 0 radical (unpaired) electrons. The molecule has 1 saturated heterocycles. The number of aryl methyl sites for hydroxylation is 1. The van der Waals surface area contributed by atoms with Crippen LogP contribution < -0.4 is 4.90 Å². The van der Waals surface area contributed by atoms with Gasteiger partial charge in [-0.3, -0.25) is 9.78 Å². The number of halogens is 2. The lowest BCUT2D eigenvalue weighted by Gasteiger charge is -2.33. The Hall–Kier alpha value is -2.82. The van der Waals surface area contributed by atoms with E-state index in [1.165, 1.54) is 6.20 Å². The summed E-state index contributed by atoms with van der Waals surface area (Å²) >= 11 is 0. The molecule has 1 aromatic heterocycles. The molecule has 1 fully saturated rings. The first kappa shape index (κ1) is 17.6. The van der Waals surface area contributed by atoms with Crippen LogP contribution in [0.2, 0.25) is 0 Å². The summed E-state index contributed by atoms with van der Waals surface area (Å²) in [6, 6.07) is 11.6. The maximum Gasteiger partial charge on any atom is 0.166 e. The van der Waals surface area contributed by atoms with Gasteiger partial charge in [0.05, 0.1) is 11.1 Å². The van der Waals surface area contributed by atoms with Gasteiger partial charge in [0.2, 0.25) is 0 Å². The number of hydrogen-bond acceptors (Lipinski definition) is 3. The van der Waals surface area contributed by atoms with Crippen LogP contribution in [-0.4, -0.2) is 23.9 Å². The van der Waals surface area contributed by atoms with Crippen LogP contribution in [0.25, 0.3) is 10.9 Å². The average Bonchev–Trinajstić information content (AvgIpc) is 2.71. The minimum absolute atomic E-state index is 0.0429. The number of anilines is 1. The molecule has 138 valence electrons. The van der Waals surface area contributed by atoms with Gasteiger partial charge >= 0.3 is 0 Å². The minimum Gasteiger partial charge on any atom is -0.371 e. The summed E-state index contributed by atoms with van der Waals surface area (Å²) in [6.45, 7) is 3.24. The number of hydrogen-bond donors (Lipinski definition) is 0. The highest BCUT2D eigenvalue weighted by Crippen LogP contribution is 2.32. The maximum atomic E-state index is 14.4. The van der Waals surface area contributed by atoms with Crippen molar-refractivity contribution in [3.63, 3.8) is 0 Å². The van der Waals surface area contributed by atoms with Crippen LogP contribution in [0.4, 0.5) is 14.5 Å². The van der Waals surface area contributed by atoms with E-state index < -0.39 is 11.6 Å². The van der Waals surface area contributed by atoms with Gasteiger partial charge in [0.25, 0.3) is 0 Å². The summed E-state index contributed by atoms with van der Waals surface area (Å²) in [6.07, 6.45) is 2.88. The molecule has 3 nitrogen and oxygen atoms in total. The predicted octanol–water partition coefficient (Wildman–Crippen LogP) is 4.92. The second-order valence-electron chi connectivity index (χ2n) is 7.07. The molecule has 3 aromatic rings. The number of piperidine rings is 1. The van der Waals surface area contributed by atoms with Crippen LogP contribution in [0.15, 0.2) is 48.7 Å². The number of fused-ring (bicyclic) bond motifs is 1. The third kappa shape index (κ3) is 3.29. The third-order valence-electron chi connectivity index (χ3n) is 5.31. The van der Waals surface area contributed by atoms with Crippen LogP contribution in [0.1, 0.15) is 28.8 Å². The number of ketones is 1. The molecule has 2 aromatic carbocycles. The quantitative estimate of drug-likeness (QED) is 0.617. The lowest BCUT2D eigenvalue weighted by Crippen LogP contribution is -2.36. The topological polar surface area (TPSA) is 33.2 Å². The van der Waals surface area contributed by atoms with E-state index >= 15 is 0 Å². The number of carbonyl (C=O) groups is 1. The summed E-state index contributed by atoms with van der Waals surface area (Å²) in [5.41, 5.74) is 2.55. The zero-order valence-electron chi connectivity index (χ0n) is 15.1. The van der Waals surface area contributed by atoms with Gasteiger partial charge in [0, 0.05) is 30.8 Å². The fourth-order valence-electron chi connectivity index (χ4n) is 3.78. The highest BCUT2D eigenvalue weighted by molar-refractivity contribution is 5.98. The number of aromatic nitrogens is 1. The molecule has 27 heavy (non-hydrogen) atoms. The Morgan fingerprint density at radius 3 is 2.37 bits per heavy atom. The molecular weight excluding hydrogens is 346 g/mol. The summed E-state index contributed by atoms with van der Waals surface area (Å²) in [5.74, 6) is -0.893. The molecule has 4 rings (SSSR count). The highest BCUT2D eigenvalue weighted by Gasteiger charge is 2.27. The SMILES string of the molecule is Cc1ccc(C(=O)C2CCN(c3ccnc4c(F)ccc(F)c34)CC2)cc1. The number of benzene rings is 2. The maximum absolute atomic E-state index is 14.4. The Labute approximate surface area is 156 Å². The molecule has 0 N–H and O–H groups in total. The predicted molar refractivity (Wildman–Crippen MR) is 102 cm³/mol. The van der Waals surface area contributed by atoms with Gasteiger partial charge in [-0.2, -0.15) is 0 Å². The van der Waals surface area contributed by atoms with Crippen molar-refractivity contribution >= 4 is 22.4 Å². The van der Waals surface area contributed by atoms with Crippen LogP contribution in [0.5, 0.6) is 0 Å². The normalized spacial score (nSPS) is 15.3. The van der Waals surface area contributed by atoms with Gasteiger partial charge in [0.1, 0.15) is 17.2 Å². The van der Waals surface area contributed by atoms with E-state index in [1.807, 2.05) is 36.1 Å². The Balaban J connectivity index is 1.55. The molecule has 0 atom stereocenters. The molecule has 1 aliphatic rings. The minimum atomic E-state index is -0.530. The van der Waals surface area contributed by atoms with Gasteiger partial charge in [-0.1, -0.05) is 29.8 Å². The molecule has 0 amide bonds. The van der Waals surface area contributed by atoms with Crippen molar-refractivity contribution in [2.45, 2.75) is 19.8 Å². The second-order valence-corrected chi connectivity index (χ2v) is 7.07. The van der Waals surface area contributed by atoms with Gasteiger partial charge in [-0.05, 0) is 38.0 Å². The first-order valence-electron chi connectivity index (χ1n) is 9.13. The van der Waals surface area contributed by atoms with E-state index in [0.717, 1.165) is 23.3 Å². The molecule has 0 bridgehead atoms. The van der Waals surface area contributed by atoms with E-state index in [1.54, 1.807) is 6.07 Å². The Kier molecular flexibility index (Phi) is 4.60. The van der Waals surface area contributed by atoms with Gasteiger partial charge in [0.15, 0.2) is 5.78 Å². The zero-order chi connectivity index (χ0) is 19.0. The summed E-state index contributed by atoms with van der Waals surface area (Å²) in [5, 5.41) is 0.209. The van der Waals surface area contributed by atoms with E-state index in [4.69, 9.17) is 0 Å². The summed E-state index contributed by atoms with van der Waals surface area (Å²) in [4.78, 5) is 18.7. The van der Waals surface area contributed by atoms with Crippen molar-refractivity contribution in [3.8, 4) is 0 Å². The van der Waals surface area contributed by atoms with Crippen LogP contribution in [0, 0.1) is 24.5 Å². The average molecular weight is 366 g/mol. The Morgan fingerprint density at radius 2 is 1.67 bits per heavy atom. The number of rotatable bonds is 3. The smallest absolute Gasteiger partial charge is 0.166 e. The van der Waals surface area contributed by atoms with E-state index in [2.05, 4.69) is 4.98 Å². The molecule has 1 aliphatic heterocycles. The number of Topliss-reactive ketones (excluding diaryl/α,β-unsaturated/α-hetero) is 1. The van der Waals surface area contributed by atoms with E-state index in [0.29, 0.717) is 31.6 Å². The van der Waals surface area contributed by atoms with Crippen LogP contribution in [-0.2, 0) is 0 Å². The van der Waals surface area contributed by atoms with E-state index in [9.17, 15) is 13.6 Å². The lowest BCUT2D eigenvalue weighted by molar-refractivity contribution is 0.0900. The monoisotopic (exact) mass is 366 g/mol. The van der Waals surface area contributed by atoms with Crippen LogP contribution in [0.3, 0.4) is 0 Å². The van der Waals surface area contributed by atoms with Crippen molar-refractivity contribution in [3.05, 3.63) is 71.4 Å². The van der Waals surface area contributed by atoms with Crippen LogP contribution >= 0.6 is 0 Å². The summed E-state index contributed by atoms with van der Waals surface area (Å²) in [7, 11) is 0. The number of pyridine rings is 1. The molecule has 0 aliphatic carbocycles. The zero-order valence-corrected chi connectivity index (χ0v) is 15.1. The van der Waals surface area contributed by atoms with Gasteiger partial charge < -0.3 is 4.90 Å². The largest absolute Gasteiger partial charge is 0.371 e. The fraction of sp³-hybridized carbons (Fsp3) is 0.273. The van der Waals surface area contributed by atoms with Gasteiger partial charge in [-0.25, -0.2) is 8.78 Å². The Bertz CT molecular complexity index is 993. The van der Waals surface area contributed by atoms with Crippen molar-refractivity contribution in [2.75, 3.05) is 18.0 Å². The highest BCUT2D eigenvalue weighted by atomic mass is 19.1. The van der Waals surface area contributed by atoms with Crippen molar-refractivity contribution in [1.29, 1.82) is 0 Å². The first-order chi connectivity index (χ1) is 13.0. The first-order valence-corrected chi connectivity index (χ1v) is 9.13. The molecule has 0 saturated carbocycles. The standard InChI is InChI=1S/C22H20F2N2O/c1-14-2-4-15(5-3-14)22(27)16-9-12-26(13-10-16)19-8-11-25-21-18(24)7-6-17(23)20(19)21/h2-8,11,16H,9-10,12-13H2,1H3. The summed E-state index contributed by atoms with van der Waals surface area (Å²) < 4.78 is 28.4. The molecule has 5 heteroatoms. The molecule has 0 unspecified atom stereocenters. The Morgan fingerprint density at radius 1 is 1.00 bits per heavy atom. The van der Waals surface area contributed by atoms with Crippen molar-refractivity contribution in [2.24, 2.45) is 5.92 Å². The third-order valence-corrected chi connectivity index (χ3v) is 5.31. The lowest BCUT2D eigenvalue weighted by atomic mass is 9.88. The fourth-order valence-corrected chi connectivity index (χ4v) is 3.78. The molecule has 0 spiro atoms. The molecule has 2 heterocycles. The number of carbonyl (C=O) groups excluding carboxylic acids is 1. The van der Waals surface area contributed by atoms with Gasteiger partial charge in [-0.15, -0.1) is 0 Å².